The van der Waals surface area contributed by atoms with Gasteiger partial charge in [-0.2, -0.15) is 0 Å². The molecule has 0 bridgehead atoms. The fourth-order valence-corrected chi connectivity index (χ4v) is 0.902. The van der Waals surface area contributed by atoms with Gasteiger partial charge in [-0.25, -0.2) is 0 Å². The van der Waals surface area contributed by atoms with Crippen molar-refractivity contribution in [1.29, 1.82) is 0 Å². The third kappa shape index (κ3) is 6.12. The number of alkyl halides is 4. The van der Waals surface area contributed by atoms with Gasteiger partial charge in [-0.05, 0) is 0 Å². The van der Waals surface area contributed by atoms with Crippen LogP contribution in [0.25, 0.3) is 0 Å². The monoisotopic (exact) mass is 399 g/mol. The highest BCUT2D eigenvalue weighted by Crippen LogP contribution is 2.09. The molecule has 0 saturated heterocycles. The molecule has 0 radical (unpaired) electrons. The highest BCUT2D eigenvalue weighted by molar-refractivity contribution is 9.25. The second-order valence-electron chi connectivity index (χ2n) is 1.44. The van der Waals surface area contributed by atoms with Crippen LogP contribution in [-0.4, -0.2) is 19.9 Å². The molecular weight excluding hydrogens is 398 g/mol. The first-order valence-electron chi connectivity index (χ1n) is 2.38. The summed E-state index contributed by atoms with van der Waals surface area (Å²) in [6, 6.07) is 0. The molecule has 6 heteroatoms. The fraction of sp³-hybridized carbons (Fsp3) is 0.750. The minimum atomic E-state index is -0.307. The van der Waals surface area contributed by atoms with Crippen molar-refractivity contribution in [3.05, 3.63) is 0 Å². The summed E-state index contributed by atoms with van der Waals surface area (Å²) in [5.41, 5.74) is 0. The molecule has 0 aromatic carbocycles. The summed E-state index contributed by atoms with van der Waals surface area (Å²) in [7, 11) is 0. The van der Waals surface area contributed by atoms with Gasteiger partial charge < -0.3 is 5.32 Å². The topological polar surface area (TPSA) is 29.1 Å². The molecule has 0 aliphatic carbocycles. The van der Waals surface area contributed by atoms with Gasteiger partial charge in [0.2, 0.25) is 5.91 Å². The predicted molar refractivity (Wildman–Crippen MR) is 56.3 cm³/mol. The van der Waals surface area contributed by atoms with Gasteiger partial charge in [0.25, 0.3) is 0 Å². The zero-order valence-corrected chi connectivity index (χ0v) is 11.1. The highest BCUT2D eigenvalue weighted by Gasteiger charge is 2.09. The van der Waals surface area contributed by atoms with Crippen LogP contribution >= 0.6 is 63.7 Å². The van der Waals surface area contributed by atoms with Crippen LogP contribution in [0, 0.1) is 0 Å². The molecule has 60 valence electrons. The number of rotatable bonds is 3. The van der Waals surface area contributed by atoms with Crippen LogP contribution in [0.2, 0.25) is 0 Å². The van der Waals surface area contributed by atoms with E-state index in [-0.39, 0.29) is 13.4 Å². The van der Waals surface area contributed by atoms with Gasteiger partial charge in [-0.3, -0.25) is 4.79 Å². The van der Waals surface area contributed by atoms with Crippen molar-refractivity contribution in [2.75, 3.05) is 6.54 Å². The minimum absolute atomic E-state index is 0.0797. The number of carbonyl (C=O) groups is 1. The molecule has 0 aliphatic rings. The van der Waals surface area contributed by atoms with Gasteiger partial charge in [0.1, 0.15) is 3.74 Å². The van der Waals surface area contributed by atoms with E-state index in [1.807, 2.05) is 0 Å². The summed E-state index contributed by atoms with van der Waals surface area (Å²) in [4.78, 5) is 10.8. The van der Waals surface area contributed by atoms with E-state index >= 15 is 0 Å². The molecule has 0 saturated carbocycles. The Labute approximate surface area is 93.0 Å². The first-order chi connectivity index (χ1) is 4.54. The SMILES string of the molecule is O=C(NCC(Br)Br)C(Br)Br. The molecule has 0 rings (SSSR count). The molecule has 0 aromatic rings. The third-order valence-electron chi connectivity index (χ3n) is 0.629. The highest BCUT2D eigenvalue weighted by atomic mass is 79.9. The maximum absolute atomic E-state index is 10.8. The number of nitrogens with one attached hydrogen (secondary N) is 1. The molecule has 0 fully saturated rings. The van der Waals surface area contributed by atoms with Crippen molar-refractivity contribution >= 4 is 69.6 Å². The van der Waals surface area contributed by atoms with E-state index in [9.17, 15) is 4.79 Å². The summed E-state index contributed by atoms with van der Waals surface area (Å²) in [6.07, 6.45) is 0. The largest absolute Gasteiger partial charge is 0.352 e. The average molecular weight is 403 g/mol. The molecular formula is C4H5Br4NO. The standard InChI is InChI=1S/C4H5Br4NO/c5-2(6)1-9-4(10)3(7)8/h2-3H,1H2,(H,9,10). The molecule has 0 heterocycles. The molecule has 0 aliphatic heterocycles. The normalized spacial score (nSPS) is 10.6. The molecule has 0 spiro atoms. The van der Waals surface area contributed by atoms with Crippen LogP contribution in [0.15, 0.2) is 0 Å². The molecule has 1 N–H and O–H groups in total. The molecule has 1 amide bonds. The van der Waals surface area contributed by atoms with Crippen LogP contribution in [0.4, 0.5) is 0 Å². The van der Waals surface area contributed by atoms with Crippen molar-refractivity contribution in [3.8, 4) is 0 Å². The van der Waals surface area contributed by atoms with Crippen LogP contribution in [0.3, 0.4) is 0 Å². The lowest BCUT2D eigenvalue weighted by Gasteiger charge is -2.05. The van der Waals surface area contributed by atoms with Gasteiger partial charge in [0.15, 0.2) is 0 Å². The Hall–Kier alpha value is 1.39. The quantitative estimate of drug-likeness (QED) is 0.721. The van der Waals surface area contributed by atoms with Gasteiger partial charge in [-0.15, -0.1) is 0 Å². The maximum atomic E-state index is 10.8. The number of halogens is 4. The Bertz CT molecular complexity index is 116. The Morgan fingerprint density at radius 1 is 1.30 bits per heavy atom. The van der Waals surface area contributed by atoms with E-state index < -0.39 is 0 Å². The van der Waals surface area contributed by atoms with Gasteiger partial charge in [0, 0.05) is 6.54 Å². The first-order valence-corrected chi connectivity index (χ1v) is 6.04. The fourth-order valence-electron chi connectivity index (χ4n) is 0.255. The molecule has 2 nitrogen and oxygen atoms in total. The zero-order chi connectivity index (χ0) is 8.15. The van der Waals surface area contributed by atoms with Crippen molar-refractivity contribution in [1.82, 2.24) is 5.32 Å². The second-order valence-corrected chi connectivity index (χ2v) is 7.94. The molecule has 10 heavy (non-hydrogen) atoms. The van der Waals surface area contributed by atoms with Crippen LogP contribution in [-0.2, 0) is 4.79 Å². The maximum Gasteiger partial charge on any atom is 0.244 e. The summed E-state index contributed by atoms with van der Waals surface area (Å²) in [6.45, 7) is 0.562. The third-order valence-corrected chi connectivity index (χ3v) is 2.11. The summed E-state index contributed by atoms with van der Waals surface area (Å²) in [5.74, 6) is -0.0797. The van der Waals surface area contributed by atoms with Gasteiger partial charge in [-0.1, -0.05) is 63.7 Å². The molecule has 0 unspecified atom stereocenters. The minimum Gasteiger partial charge on any atom is -0.352 e. The average Bonchev–Trinajstić information content (AvgIpc) is 1.82. The number of hydrogen-bond acceptors (Lipinski definition) is 1. The zero-order valence-electron chi connectivity index (χ0n) is 4.78. The smallest absolute Gasteiger partial charge is 0.244 e. The number of amides is 1. The van der Waals surface area contributed by atoms with Crippen LogP contribution in [0.5, 0.6) is 0 Å². The second kappa shape index (κ2) is 5.97. The van der Waals surface area contributed by atoms with E-state index in [1.165, 1.54) is 0 Å². The Morgan fingerprint density at radius 3 is 2.10 bits per heavy atom. The van der Waals surface area contributed by atoms with E-state index in [0.29, 0.717) is 6.54 Å². The summed E-state index contributed by atoms with van der Waals surface area (Å²) in [5, 5.41) is 2.66. The lowest BCUT2D eigenvalue weighted by molar-refractivity contribution is -0.118. The van der Waals surface area contributed by atoms with Crippen molar-refractivity contribution in [3.63, 3.8) is 0 Å². The lowest BCUT2D eigenvalue weighted by atomic mass is 10.6. The van der Waals surface area contributed by atoms with Crippen molar-refractivity contribution in [2.45, 2.75) is 7.47 Å². The summed E-state index contributed by atoms with van der Waals surface area (Å²) >= 11 is 12.6. The van der Waals surface area contributed by atoms with E-state index in [4.69, 9.17) is 0 Å². The lowest BCUT2D eigenvalue weighted by Crippen LogP contribution is -2.31. The van der Waals surface area contributed by atoms with E-state index in [1.54, 1.807) is 0 Å². The summed E-state index contributed by atoms with van der Waals surface area (Å²) < 4.78 is -0.179. The number of carbonyl (C=O) groups excluding carboxylic acids is 1. The van der Waals surface area contributed by atoms with Crippen LogP contribution < -0.4 is 5.32 Å². The van der Waals surface area contributed by atoms with Crippen molar-refractivity contribution < 1.29 is 4.79 Å². The van der Waals surface area contributed by atoms with Gasteiger partial charge in [0.05, 0.1) is 3.74 Å². The Morgan fingerprint density at radius 2 is 1.80 bits per heavy atom. The van der Waals surface area contributed by atoms with Gasteiger partial charge >= 0.3 is 0 Å². The first kappa shape index (κ1) is 11.4. The van der Waals surface area contributed by atoms with E-state index in [0.717, 1.165) is 0 Å². The van der Waals surface area contributed by atoms with Crippen molar-refractivity contribution in [2.24, 2.45) is 0 Å². The van der Waals surface area contributed by atoms with E-state index in [2.05, 4.69) is 69.0 Å². The van der Waals surface area contributed by atoms with Crippen LogP contribution in [0.1, 0.15) is 0 Å². The molecule has 0 atom stereocenters. The molecule has 0 aromatic heterocycles. The predicted octanol–water partition coefficient (Wildman–Crippen LogP) is 2.33. The Kier molecular flexibility index (Phi) is 6.80. The number of hydrogen-bond donors (Lipinski definition) is 1. The Balaban J connectivity index is 3.40.